The van der Waals surface area contributed by atoms with Gasteiger partial charge >= 0.3 is 0 Å². The van der Waals surface area contributed by atoms with Crippen molar-refractivity contribution in [2.45, 2.75) is 31.2 Å². The predicted octanol–water partition coefficient (Wildman–Crippen LogP) is 4.32. The number of halogens is 2. The van der Waals surface area contributed by atoms with Gasteiger partial charge in [0, 0.05) is 17.5 Å². The lowest BCUT2D eigenvalue weighted by atomic mass is 9.97. The Morgan fingerprint density at radius 3 is 2.55 bits per heavy atom. The Balaban J connectivity index is 1.91. The third-order valence-corrected chi connectivity index (χ3v) is 5.07. The van der Waals surface area contributed by atoms with Crippen LogP contribution in [0.15, 0.2) is 16.6 Å². The zero-order valence-electron chi connectivity index (χ0n) is 11.4. The van der Waals surface area contributed by atoms with Gasteiger partial charge in [-0.05, 0) is 30.0 Å². The van der Waals surface area contributed by atoms with Crippen molar-refractivity contribution in [3.05, 3.63) is 22.2 Å². The van der Waals surface area contributed by atoms with Crippen molar-refractivity contribution in [3.8, 4) is 11.5 Å². The minimum Gasteiger partial charge on any atom is -0.490 e. The molecule has 5 heteroatoms. The molecular formula is C15H18BrClO3. The van der Waals surface area contributed by atoms with Gasteiger partial charge < -0.3 is 14.2 Å². The molecule has 0 saturated carbocycles. The lowest BCUT2D eigenvalue weighted by molar-refractivity contribution is 0.0901. The number of hydrogen-bond acceptors (Lipinski definition) is 3. The molecule has 0 radical (unpaired) electrons. The van der Waals surface area contributed by atoms with Gasteiger partial charge in [-0.2, -0.15) is 0 Å². The standard InChI is InChI=1S/C15H18BrClO3/c1-9-3-6-20-15(9)14(17)10-7-12-13(8-11(10)16)19-5-2-4-18-12/h7-9,14-15H,2-6H2,1H3. The summed E-state index contributed by atoms with van der Waals surface area (Å²) in [6, 6.07) is 3.93. The van der Waals surface area contributed by atoms with Crippen LogP contribution in [0, 0.1) is 5.92 Å². The van der Waals surface area contributed by atoms with Crippen molar-refractivity contribution in [2.75, 3.05) is 19.8 Å². The Morgan fingerprint density at radius 1 is 1.20 bits per heavy atom. The average molecular weight is 362 g/mol. The Labute approximate surface area is 132 Å². The van der Waals surface area contributed by atoms with E-state index in [1.54, 1.807) is 0 Å². The van der Waals surface area contributed by atoms with Gasteiger partial charge in [-0.3, -0.25) is 0 Å². The van der Waals surface area contributed by atoms with Gasteiger partial charge in [0.15, 0.2) is 11.5 Å². The van der Waals surface area contributed by atoms with Gasteiger partial charge in [-0.15, -0.1) is 11.6 Å². The predicted molar refractivity (Wildman–Crippen MR) is 81.9 cm³/mol. The largest absolute Gasteiger partial charge is 0.490 e. The molecule has 20 heavy (non-hydrogen) atoms. The monoisotopic (exact) mass is 360 g/mol. The Morgan fingerprint density at radius 2 is 1.90 bits per heavy atom. The summed E-state index contributed by atoms with van der Waals surface area (Å²) in [7, 11) is 0. The second-order valence-electron chi connectivity index (χ2n) is 5.37. The van der Waals surface area contributed by atoms with Crippen molar-refractivity contribution in [3.63, 3.8) is 0 Å². The highest BCUT2D eigenvalue weighted by Crippen LogP contribution is 2.43. The summed E-state index contributed by atoms with van der Waals surface area (Å²) in [5, 5.41) is -0.181. The van der Waals surface area contributed by atoms with E-state index in [1.807, 2.05) is 12.1 Å². The highest BCUT2D eigenvalue weighted by Gasteiger charge is 2.33. The molecule has 1 aromatic carbocycles. The lowest BCUT2D eigenvalue weighted by Crippen LogP contribution is -2.19. The second kappa shape index (κ2) is 6.12. The first kappa shape index (κ1) is 14.5. The van der Waals surface area contributed by atoms with Crippen LogP contribution in [0.25, 0.3) is 0 Å². The van der Waals surface area contributed by atoms with E-state index in [2.05, 4.69) is 22.9 Å². The third kappa shape index (κ3) is 2.78. The van der Waals surface area contributed by atoms with Gasteiger partial charge in [-0.1, -0.05) is 22.9 Å². The molecule has 0 aromatic heterocycles. The first-order valence-electron chi connectivity index (χ1n) is 7.01. The van der Waals surface area contributed by atoms with E-state index in [0.717, 1.165) is 41.0 Å². The summed E-state index contributed by atoms with van der Waals surface area (Å²) in [6.45, 7) is 4.34. The second-order valence-corrected chi connectivity index (χ2v) is 6.70. The van der Waals surface area contributed by atoms with E-state index in [1.165, 1.54) is 0 Å². The molecule has 0 bridgehead atoms. The molecule has 2 aliphatic heterocycles. The molecule has 3 unspecified atom stereocenters. The van der Waals surface area contributed by atoms with Gasteiger partial charge in [0.2, 0.25) is 0 Å². The lowest BCUT2D eigenvalue weighted by Gasteiger charge is -2.23. The third-order valence-electron chi connectivity index (χ3n) is 3.90. The minimum absolute atomic E-state index is 0.0534. The molecule has 110 valence electrons. The minimum atomic E-state index is -0.181. The Bertz CT molecular complexity index is 494. The fourth-order valence-corrected chi connectivity index (χ4v) is 3.88. The summed E-state index contributed by atoms with van der Waals surface area (Å²) >= 11 is 10.2. The zero-order valence-corrected chi connectivity index (χ0v) is 13.7. The van der Waals surface area contributed by atoms with E-state index < -0.39 is 0 Å². The quantitative estimate of drug-likeness (QED) is 0.734. The highest BCUT2D eigenvalue weighted by molar-refractivity contribution is 9.10. The van der Waals surface area contributed by atoms with Crippen LogP contribution in [-0.2, 0) is 4.74 Å². The molecule has 1 aromatic rings. The van der Waals surface area contributed by atoms with Gasteiger partial charge in [-0.25, -0.2) is 0 Å². The maximum absolute atomic E-state index is 6.64. The molecule has 1 saturated heterocycles. The van der Waals surface area contributed by atoms with Crippen molar-refractivity contribution in [2.24, 2.45) is 5.92 Å². The van der Waals surface area contributed by atoms with E-state index in [9.17, 15) is 0 Å². The molecule has 0 spiro atoms. The molecule has 2 aliphatic rings. The van der Waals surface area contributed by atoms with Gasteiger partial charge in [0.25, 0.3) is 0 Å². The van der Waals surface area contributed by atoms with Crippen LogP contribution in [0.5, 0.6) is 11.5 Å². The summed E-state index contributed by atoms with van der Waals surface area (Å²) in [6.07, 6.45) is 2.02. The van der Waals surface area contributed by atoms with Crippen LogP contribution >= 0.6 is 27.5 Å². The van der Waals surface area contributed by atoms with Gasteiger partial charge in [0.05, 0.1) is 24.7 Å². The number of ether oxygens (including phenoxy) is 3. The number of hydrogen-bond donors (Lipinski definition) is 0. The van der Waals surface area contributed by atoms with E-state index >= 15 is 0 Å². The number of rotatable bonds is 2. The first-order chi connectivity index (χ1) is 9.66. The fourth-order valence-electron chi connectivity index (χ4n) is 2.68. The number of benzene rings is 1. The van der Waals surface area contributed by atoms with Crippen LogP contribution in [0.2, 0.25) is 0 Å². The normalized spacial score (nSPS) is 27.1. The molecule has 0 N–H and O–H groups in total. The van der Waals surface area contributed by atoms with Crippen LogP contribution < -0.4 is 9.47 Å². The van der Waals surface area contributed by atoms with E-state index in [0.29, 0.717) is 19.1 Å². The zero-order chi connectivity index (χ0) is 14.1. The fraction of sp³-hybridized carbons (Fsp3) is 0.600. The molecule has 0 amide bonds. The van der Waals surface area contributed by atoms with Crippen LogP contribution in [-0.4, -0.2) is 25.9 Å². The van der Waals surface area contributed by atoms with Crippen LogP contribution in [0.3, 0.4) is 0 Å². The highest BCUT2D eigenvalue weighted by atomic mass is 79.9. The number of fused-ring (bicyclic) bond motifs is 1. The topological polar surface area (TPSA) is 27.7 Å². The number of alkyl halides is 1. The van der Waals surface area contributed by atoms with E-state index in [4.69, 9.17) is 25.8 Å². The average Bonchev–Trinajstić information content (AvgIpc) is 2.72. The van der Waals surface area contributed by atoms with E-state index in [-0.39, 0.29) is 11.5 Å². The van der Waals surface area contributed by atoms with Gasteiger partial charge in [0.1, 0.15) is 0 Å². The Hall–Kier alpha value is -0.450. The maximum atomic E-state index is 6.64. The smallest absolute Gasteiger partial charge is 0.162 e. The molecular weight excluding hydrogens is 344 g/mol. The summed E-state index contributed by atoms with van der Waals surface area (Å²) in [4.78, 5) is 0. The van der Waals surface area contributed by atoms with Crippen molar-refractivity contribution >= 4 is 27.5 Å². The van der Waals surface area contributed by atoms with Crippen molar-refractivity contribution in [1.82, 2.24) is 0 Å². The molecule has 1 fully saturated rings. The van der Waals surface area contributed by atoms with Crippen molar-refractivity contribution in [1.29, 1.82) is 0 Å². The molecule has 2 heterocycles. The molecule has 3 nitrogen and oxygen atoms in total. The summed E-state index contributed by atoms with van der Waals surface area (Å²) < 4.78 is 18.1. The Kier molecular flexibility index (Phi) is 4.43. The van der Waals surface area contributed by atoms with Crippen molar-refractivity contribution < 1.29 is 14.2 Å². The summed E-state index contributed by atoms with van der Waals surface area (Å²) in [5.74, 6) is 2.03. The first-order valence-corrected chi connectivity index (χ1v) is 8.24. The molecule has 3 rings (SSSR count). The van der Waals surface area contributed by atoms with Crippen LogP contribution in [0.4, 0.5) is 0 Å². The van der Waals surface area contributed by atoms with Crippen LogP contribution in [0.1, 0.15) is 30.7 Å². The molecule has 0 aliphatic carbocycles. The maximum Gasteiger partial charge on any atom is 0.162 e. The SMILES string of the molecule is CC1CCOC1C(Cl)c1cc2c(cc1Br)OCCCO2. The summed E-state index contributed by atoms with van der Waals surface area (Å²) in [5.41, 5.74) is 1.01. The molecule has 3 atom stereocenters.